The van der Waals surface area contributed by atoms with Crippen LogP contribution in [0.15, 0.2) is 18.5 Å². The standard InChI is InChI=1S/C14H11F4N3O3/c15-6-1-7(11-10(2-6)19-5-20-11)12(22)21-3-8(13(23)24)9(4-21)14(16,17)18/h1-2,5,8-9H,3-4H2,(H,19,20)(H,23,24)/t8-,9-/m1/s1. The van der Waals surface area contributed by atoms with E-state index in [4.69, 9.17) is 5.11 Å². The number of aliphatic carboxylic acids is 1. The number of benzene rings is 1. The highest BCUT2D eigenvalue weighted by atomic mass is 19.4. The van der Waals surface area contributed by atoms with Gasteiger partial charge in [-0.3, -0.25) is 9.59 Å². The number of alkyl halides is 3. The van der Waals surface area contributed by atoms with Crippen molar-refractivity contribution in [1.29, 1.82) is 0 Å². The zero-order valence-electron chi connectivity index (χ0n) is 12.0. The number of halogens is 4. The Kier molecular flexibility index (Phi) is 3.69. The molecule has 1 aliphatic heterocycles. The second-order valence-corrected chi connectivity index (χ2v) is 5.56. The molecule has 1 aromatic carbocycles. The Labute approximate surface area is 132 Å². The number of hydrogen-bond acceptors (Lipinski definition) is 3. The number of rotatable bonds is 2. The zero-order valence-corrected chi connectivity index (χ0v) is 12.0. The maximum absolute atomic E-state index is 13.6. The molecule has 2 heterocycles. The number of carbonyl (C=O) groups excluding carboxylic acids is 1. The van der Waals surface area contributed by atoms with Gasteiger partial charge in [0.1, 0.15) is 11.3 Å². The third kappa shape index (κ3) is 2.68. The molecule has 1 saturated heterocycles. The van der Waals surface area contributed by atoms with E-state index in [0.29, 0.717) is 0 Å². The van der Waals surface area contributed by atoms with Crippen LogP contribution in [0.2, 0.25) is 0 Å². The molecule has 0 aliphatic carbocycles. The third-order valence-corrected chi connectivity index (χ3v) is 4.06. The first-order valence-corrected chi connectivity index (χ1v) is 6.90. The fraction of sp³-hybridized carbons (Fsp3) is 0.357. The van der Waals surface area contributed by atoms with Crippen molar-refractivity contribution < 1.29 is 32.3 Å². The number of amides is 1. The molecule has 1 fully saturated rings. The average Bonchev–Trinajstić information content (AvgIpc) is 3.11. The Morgan fingerprint density at radius 1 is 1.29 bits per heavy atom. The number of aromatic nitrogens is 2. The van der Waals surface area contributed by atoms with Crippen LogP contribution in [-0.4, -0.2) is 51.1 Å². The minimum atomic E-state index is -4.75. The fourth-order valence-corrected chi connectivity index (χ4v) is 2.90. The van der Waals surface area contributed by atoms with E-state index in [-0.39, 0.29) is 16.6 Å². The van der Waals surface area contributed by atoms with Crippen LogP contribution in [-0.2, 0) is 4.79 Å². The Bertz CT molecular complexity index is 817. The Morgan fingerprint density at radius 3 is 2.58 bits per heavy atom. The topological polar surface area (TPSA) is 86.3 Å². The van der Waals surface area contributed by atoms with Gasteiger partial charge in [-0.2, -0.15) is 13.2 Å². The molecule has 1 amide bonds. The number of aromatic amines is 1. The summed E-state index contributed by atoms with van der Waals surface area (Å²) in [7, 11) is 0. The number of hydrogen-bond donors (Lipinski definition) is 2. The van der Waals surface area contributed by atoms with E-state index < -0.39 is 48.8 Å². The predicted octanol–water partition coefficient (Wildman–Crippen LogP) is 2.04. The van der Waals surface area contributed by atoms with Crippen molar-refractivity contribution in [3.63, 3.8) is 0 Å². The first-order chi connectivity index (χ1) is 11.2. The van der Waals surface area contributed by atoms with Crippen LogP contribution in [0.4, 0.5) is 17.6 Å². The van der Waals surface area contributed by atoms with Crippen molar-refractivity contribution in [3.8, 4) is 0 Å². The summed E-state index contributed by atoms with van der Waals surface area (Å²) in [6.07, 6.45) is -3.52. The van der Waals surface area contributed by atoms with Crippen molar-refractivity contribution >= 4 is 22.9 Å². The average molecular weight is 345 g/mol. The summed E-state index contributed by atoms with van der Waals surface area (Å²) in [5.41, 5.74) is 0.127. The molecule has 2 atom stereocenters. The Morgan fingerprint density at radius 2 is 2.00 bits per heavy atom. The predicted molar refractivity (Wildman–Crippen MR) is 72.6 cm³/mol. The number of carboxylic acid groups (broad SMARTS) is 1. The molecule has 2 aromatic rings. The molecule has 24 heavy (non-hydrogen) atoms. The molecule has 6 nitrogen and oxygen atoms in total. The number of H-pyrrole nitrogens is 1. The molecule has 1 aliphatic rings. The number of fused-ring (bicyclic) bond motifs is 1. The second-order valence-electron chi connectivity index (χ2n) is 5.56. The molecule has 0 bridgehead atoms. The monoisotopic (exact) mass is 345 g/mol. The first-order valence-electron chi connectivity index (χ1n) is 6.90. The molecule has 1 aromatic heterocycles. The van der Waals surface area contributed by atoms with Crippen molar-refractivity contribution in [1.82, 2.24) is 14.9 Å². The van der Waals surface area contributed by atoms with Gasteiger partial charge < -0.3 is 15.0 Å². The summed E-state index contributed by atoms with van der Waals surface area (Å²) in [6.45, 7) is -1.39. The highest BCUT2D eigenvalue weighted by molar-refractivity contribution is 6.05. The van der Waals surface area contributed by atoms with Gasteiger partial charge in [-0.05, 0) is 12.1 Å². The van der Waals surface area contributed by atoms with Gasteiger partial charge >= 0.3 is 12.1 Å². The highest BCUT2D eigenvalue weighted by Gasteiger charge is 2.53. The van der Waals surface area contributed by atoms with Crippen molar-refractivity contribution in [2.24, 2.45) is 11.8 Å². The van der Waals surface area contributed by atoms with Gasteiger partial charge in [0.2, 0.25) is 0 Å². The van der Waals surface area contributed by atoms with E-state index in [1.165, 1.54) is 6.33 Å². The molecule has 0 spiro atoms. The second kappa shape index (κ2) is 5.46. The van der Waals surface area contributed by atoms with Crippen LogP contribution < -0.4 is 0 Å². The number of nitrogens with zero attached hydrogens (tertiary/aromatic N) is 2. The quantitative estimate of drug-likeness (QED) is 0.816. The number of carboxylic acids is 1. The van der Waals surface area contributed by atoms with E-state index in [2.05, 4.69) is 9.97 Å². The molecule has 3 rings (SSSR count). The van der Waals surface area contributed by atoms with E-state index in [9.17, 15) is 27.2 Å². The number of nitrogens with one attached hydrogen (secondary N) is 1. The summed E-state index contributed by atoms with van der Waals surface area (Å²) < 4.78 is 52.6. The van der Waals surface area contributed by atoms with Crippen molar-refractivity contribution in [3.05, 3.63) is 29.8 Å². The smallest absolute Gasteiger partial charge is 0.394 e. The van der Waals surface area contributed by atoms with Crippen LogP contribution in [0.1, 0.15) is 10.4 Å². The lowest BCUT2D eigenvalue weighted by atomic mass is 9.96. The minimum Gasteiger partial charge on any atom is -0.481 e. The highest BCUT2D eigenvalue weighted by Crippen LogP contribution is 2.38. The molecule has 0 unspecified atom stereocenters. The number of imidazole rings is 1. The lowest BCUT2D eigenvalue weighted by molar-refractivity contribution is -0.187. The molecule has 10 heteroatoms. The van der Waals surface area contributed by atoms with Crippen LogP contribution in [0.25, 0.3) is 11.0 Å². The van der Waals surface area contributed by atoms with E-state index in [1.807, 2.05) is 0 Å². The van der Waals surface area contributed by atoms with Crippen LogP contribution >= 0.6 is 0 Å². The SMILES string of the molecule is O=C(O)[C@@H]1CN(C(=O)c2cc(F)cc3[nH]cnc23)C[C@H]1C(F)(F)F. The van der Waals surface area contributed by atoms with Crippen molar-refractivity contribution in [2.45, 2.75) is 6.18 Å². The van der Waals surface area contributed by atoms with E-state index >= 15 is 0 Å². The van der Waals surface area contributed by atoms with Gasteiger partial charge in [0.15, 0.2) is 0 Å². The molecule has 2 N–H and O–H groups in total. The molecule has 0 saturated carbocycles. The largest absolute Gasteiger partial charge is 0.481 e. The summed E-state index contributed by atoms with van der Waals surface area (Å²) in [5.74, 6) is -7.18. The maximum Gasteiger partial charge on any atom is 0.394 e. The van der Waals surface area contributed by atoms with Gasteiger partial charge in [0.05, 0.1) is 29.2 Å². The lowest BCUT2D eigenvalue weighted by Gasteiger charge is -2.18. The van der Waals surface area contributed by atoms with Gasteiger partial charge in [-0.25, -0.2) is 9.37 Å². The zero-order chi connectivity index (χ0) is 17.6. The third-order valence-electron chi connectivity index (χ3n) is 4.06. The van der Waals surface area contributed by atoms with Gasteiger partial charge in [-0.1, -0.05) is 0 Å². The Balaban J connectivity index is 1.95. The summed E-state index contributed by atoms with van der Waals surface area (Å²) in [6, 6.07) is 1.98. The summed E-state index contributed by atoms with van der Waals surface area (Å²) in [4.78, 5) is 30.8. The number of carbonyl (C=O) groups is 2. The van der Waals surface area contributed by atoms with Crippen LogP contribution in [0.5, 0.6) is 0 Å². The molecular weight excluding hydrogens is 334 g/mol. The fourth-order valence-electron chi connectivity index (χ4n) is 2.90. The Hall–Kier alpha value is -2.65. The summed E-state index contributed by atoms with van der Waals surface area (Å²) in [5, 5.41) is 8.98. The number of likely N-dealkylation sites (tertiary alicyclic amines) is 1. The molecule has 0 radical (unpaired) electrons. The van der Waals surface area contributed by atoms with E-state index in [0.717, 1.165) is 17.0 Å². The molecule has 128 valence electrons. The van der Waals surface area contributed by atoms with Gasteiger partial charge in [0.25, 0.3) is 5.91 Å². The molecular formula is C14H11F4N3O3. The van der Waals surface area contributed by atoms with Gasteiger partial charge in [-0.15, -0.1) is 0 Å². The van der Waals surface area contributed by atoms with Crippen LogP contribution in [0.3, 0.4) is 0 Å². The lowest BCUT2D eigenvalue weighted by Crippen LogP contribution is -2.34. The maximum atomic E-state index is 13.6. The minimum absolute atomic E-state index is 0.115. The van der Waals surface area contributed by atoms with Crippen LogP contribution in [0, 0.1) is 17.7 Å². The van der Waals surface area contributed by atoms with Crippen molar-refractivity contribution in [2.75, 3.05) is 13.1 Å². The first kappa shape index (κ1) is 16.2. The summed E-state index contributed by atoms with van der Waals surface area (Å²) >= 11 is 0. The van der Waals surface area contributed by atoms with Gasteiger partial charge in [0, 0.05) is 13.1 Å². The normalized spacial score (nSPS) is 21.4. The van der Waals surface area contributed by atoms with E-state index in [1.54, 1.807) is 0 Å².